The monoisotopic (exact) mass is 177 g/mol. The van der Waals surface area contributed by atoms with Crippen LogP contribution in [0.4, 0.5) is 0 Å². The van der Waals surface area contributed by atoms with Crippen molar-refractivity contribution in [2.24, 2.45) is 0 Å². The van der Waals surface area contributed by atoms with Gasteiger partial charge in [0.05, 0.1) is 13.1 Å². The maximum absolute atomic E-state index is 10.5. The summed E-state index contributed by atoms with van der Waals surface area (Å²) < 4.78 is 4.96. The molecule has 0 aromatic heterocycles. The fourth-order valence-corrected chi connectivity index (χ4v) is 1.00. The van der Waals surface area contributed by atoms with Gasteiger partial charge in [0.25, 0.3) is 0 Å². The first-order chi connectivity index (χ1) is 6.16. The molecule has 0 aliphatic carbocycles. The topological polar surface area (TPSA) is 49.4 Å². The minimum absolute atomic E-state index is 0.0718. The molecule has 1 aromatic rings. The molecule has 0 unspecified atom stereocenters. The molecular weight excluding hydrogens is 168 g/mol. The van der Waals surface area contributed by atoms with E-state index in [4.69, 9.17) is 4.74 Å². The van der Waals surface area contributed by atoms with E-state index in [0.29, 0.717) is 11.3 Å². The fraction of sp³-hybridized carbons (Fsp3) is 0.100. The highest BCUT2D eigenvalue weighted by molar-refractivity contribution is 6.14. The molecule has 68 valence electrons. The molecule has 0 aliphatic rings. The van der Waals surface area contributed by atoms with Crippen molar-refractivity contribution in [1.29, 1.82) is 0 Å². The van der Waals surface area contributed by atoms with Crippen molar-refractivity contribution in [3.8, 4) is 5.75 Å². The second-order valence-electron chi connectivity index (χ2n) is 2.47. The van der Waals surface area contributed by atoms with Gasteiger partial charge in [0.15, 0.2) is 0 Å². The van der Waals surface area contributed by atoms with Crippen LogP contribution < -0.4 is 9.84 Å². The molecule has 0 spiro atoms. The van der Waals surface area contributed by atoms with Crippen LogP contribution in [-0.2, 0) is 4.79 Å². The highest BCUT2D eigenvalue weighted by atomic mass is 16.5. The zero-order valence-corrected chi connectivity index (χ0v) is 7.24. The number of carbonyl (C=O) groups excluding carboxylic acids is 1. The highest BCUT2D eigenvalue weighted by Gasteiger charge is 2.05. The second-order valence-corrected chi connectivity index (χ2v) is 2.47. The van der Waals surface area contributed by atoms with Crippen molar-refractivity contribution >= 4 is 11.5 Å². The number of rotatable bonds is 3. The van der Waals surface area contributed by atoms with Crippen LogP contribution in [0.3, 0.4) is 0 Å². The van der Waals surface area contributed by atoms with Gasteiger partial charge in [-0.15, -0.1) is 0 Å². The molecule has 0 fully saturated rings. The summed E-state index contributed by atoms with van der Waals surface area (Å²) in [5, 5.41) is 10.5. The van der Waals surface area contributed by atoms with Crippen molar-refractivity contribution < 1.29 is 14.6 Å². The summed E-state index contributed by atoms with van der Waals surface area (Å²) in [7, 11) is 1.47. The van der Waals surface area contributed by atoms with Crippen LogP contribution in [0.25, 0.3) is 5.57 Å². The van der Waals surface area contributed by atoms with E-state index >= 15 is 0 Å². The minimum Gasteiger partial charge on any atom is -0.545 e. The van der Waals surface area contributed by atoms with Gasteiger partial charge in [-0.1, -0.05) is 24.8 Å². The summed E-state index contributed by atoms with van der Waals surface area (Å²) >= 11 is 0. The van der Waals surface area contributed by atoms with E-state index in [1.165, 1.54) is 7.11 Å². The molecule has 0 N–H and O–H groups in total. The molecule has 1 rings (SSSR count). The van der Waals surface area contributed by atoms with Gasteiger partial charge in [0.1, 0.15) is 5.75 Å². The smallest absolute Gasteiger partial charge is 0.126 e. The quantitative estimate of drug-likeness (QED) is 0.630. The van der Waals surface area contributed by atoms with Crippen molar-refractivity contribution in [3.63, 3.8) is 0 Å². The zero-order chi connectivity index (χ0) is 9.84. The summed E-state index contributed by atoms with van der Waals surface area (Å²) in [5.74, 6) is -0.804. The number of carboxylic acids is 1. The molecular formula is C10H9O3-. The van der Waals surface area contributed by atoms with Crippen LogP contribution in [0.2, 0.25) is 0 Å². The Morgan fingerprint density at radius 1 is 1.46 bits per heavy atom. The van der Waals surface area contributed by atoms with E-state index in [9.17, 15) is 9.90 Å². The third kappa shape index (κ3) is 1.87. The van der Waals surface area contributed by atoms with Crippen LogP contribution in [0.15, 0.2) is 30.8 Å². The average molecular weight is 177 g/mol. The third-order valence-corrected chi connectivity index (χ3v) is 1.68. The Balaban J connectivity index is 3.13. The summed E-state index contributed by atoms with van der Waals surface area (Å²) in [6, 6.07) is 6.76. The summed E-state index contributed by atoms with van der Waals surface area (Å²) in [6.45, 7) is 3.39. The van der Waals surface area contributed by atoms with Crippen molar-refractivity contribution in [3.05, 3.63) is 36.4 Å². The van der Waals surface area contributed by atoms with Crippen LogP contribution in [0, 0.1) is 0 Å². The predicted molar refractivity (Wildman–Crippen MR) is 47.0 cm³/mol. The number of carbonyl (C=O) groups is 1. The Labute approximate surface area is 76.3 Å². The van der Waals surface area contributed by atoms with Gasteiger partial charge in [0.2, 0.25) is 0 Å². The van der Waals surface area contributed by atoms with Crippen LogP contribution in [0.5, 0.6) is 5.75 Å². The molecule has 0 aliphatic heterocycles. The first-order valence-corrected chi connectivity index (χ1v) is 3.70. The third-order valence-electron chi connectivity index (χ3n) is 1.68. The lowest BCUT2D eigenvalue weighted by Crippen LogP contribution is -2.23. The Kier molecular flexibility index (Phi) is 2.69. The van der Waals surface area contributed by atoms with Crippen LogP contribution in [-0.4, -0.2) is 13.1 Å². The van der Waals surface area contributed by atoms with Gasteiger partial charge in [-0.25, -0.2) is 0 Å². The number of hydrogen-bond donors (Lipinski definition) is 0. The number of benzene rings is 1. The maximum Gasteiger partial charge on any atom is 0.126 e. The molecule has 0 radical (unpaired) electrons. The number of carboxylic acid groups (broad SMARTS) is 1. The van der Waals surface area contributed by atoms with Gasteiger partial charge >= 0.3 is 0 Å². The van der Waals surface area contributed by atoms with E-state index in [-0.39, 0.29) is 5.57 Å². The number of aliphatic carboxylic acids is 1. The SMILES string of the molecule is C=C(C(=O)[O-])c1ccccc1OC. The summed E-state index contributed by atoms with van der Waals surface area (Å²) in [5.41, 5.74) is 0.377. The lowest BCUT2D eigenvalue weighted by Gasteiger charge is -2.10. The molecule has 0 saturated carbocycles. The Bertz CT molecular complexity index is 342. The number of methoxy groups -OCH3 is 1. The summed E-state index contributed by atoms with van der Waals surface area (Å²) in [4.78, 5) is 10.5. The average Bonchev–Trinajstić information content (AvgIpc) is 2.16. The largest absolute Gasteiger partial charge is 0.545 e. The van der Waals surface area contributed by atoms with Crippen LogP contribution in [0.1, 0.15) is 5.56 Å². The maximum atomic E-state index is 10.5. The Morgan fingerprint density at radius 3 is 2.62 bits per heavy atom. The fourth-order valence-electron chi connectivity index (χ4n) is 1.00. The lowest BCUT2D eigenvalue weighted by molar-refractivity contribution is -0.295. The van der Waals surface area contributed by atoms with E-state index in [0.717, 1.165) is 0 Å². The van der Waals surface area contributed by atoms with Gasteiger partial charge in [0, 0.05) is 11.1 Å². The first-order valence-electron chi connectivity index (χ1n) is 3.70. The van der Waals surface area contributed by atoms with Gasteiger partial charge < -0.3 is 14.6 Å². The molecule has 0 heterocycles. The molecule has 3 heteroatoms. The van der Waals surface area contributed by atoms with Crippen LogP contribution >= 0.6 is 0 Å². The van der Waals surface area contributed by atoms with Gasteiger partial charge in [-0.3, -0.25) is 0 Å². The first kappa shape index (κ1) is 9.32. The van der Waals surface area contributed by atoms with Crippen molar-refractivity contribution in [2.45, 2.75) is 0 Å². The van der Waals surface area contributed by atoms with Crippen molar-refractivity contribution in [1.82, 2.24) is 0 Å². The number of para-hydroxylation sites is 1. The van der Waals surface area contributed by atoms with Crippen molar-refractivity contribution in [2.75, 3.05) is 7.11 Å². The van der Waals surface area contributed by atoms with Gasteiger partial charge in [-0.2, -0.15) is 0 Å². The van der Waals surface area contributed by atoms with Gasteiger partial charge in [-0.05, 0) is 6.07 Å². The molecule has 13 heavy (non-hydrogen) atoms. The van der Waals surface area contributed by atoms with E-state index in [1.54, 1.807) is 24.3 Å². The zero-order valence-electron chi connectivity index (χ0n) is 7.24. The standard InChI is InChI=1S/C10H10O3/c1-7(10(11)12)8-5-3-4-6-9(8)13-2/h3-6H,1H2,2H3,(H,11,12)/p-1. The van der Waals surface area contributed by atoms with E-state index in [2.05, 4.69) is 6.58 Å². The molecule has 3 nitrogen and oxygen atoms in total. The molecule has 0 atom stereocenters. The highest BCUT2D eigenvalue weighted by Crippen LogP contribution is 2.23. The predicted octanol–water partition coefficient (Wildman–Crippen LogP) is 0.458. The second kappa shape index (κ2) is 3.76. The lowest BCUT2D eigenvalue weighted by atomic mass is 10.1. The summed E-state index contributed by atoms with van der Waals surface area (Å²) in [6.07, 6.45) is 0. The minimum atomic E-state index is -1.29. The molecule has 0 saturated heterocycles. The number of hydrogen-bond acceptors (Lipinski definition) is 3. The molecule has 0 amide bonds. The molecule has 1 aromatic carbocycles. The van der Waals surface area contributed by atoms with E-state index in [1.807, 2.05) is 0 Å². The number of ether oxygens (including phenoxy) is 1. The normalized spacial score (nSPS) is 9.31. The Morgan fingerprint density at radius 2 is 2.08 bits per heavy atom. The van der Waals surface area contributed by atoms with E-state index < -0.39 is 5.97 Å². The molecule has 0 bridgehead atoms. The Hall–Kier alpha value is -1.77.